The third-order valence-corrected chi connectivity index (χ3v) is 6.38. The standard InChI is InChI=1S/C27H26F3NO4/c1-16(2)33-17-9-11-20-22(13-17)35-25(3,4)15-26(20)19-7-5-6-8-21(19)31(24(26)32)14-18-10-12-23(34-18)27(28,29)30/h5-13,16H,14-15H2,1-4H3. The van der Waals surface area contributed by atoms with Gasteiger partial charge in [0, 0.05) is 23.7 Å². The van der Waals surface area contributed by atoms with Gasteiger partial charge in [-0.05, 0) is 57.5 Å². The van der Waals surface area contributed by atoms with E-state index in [1.807, 2.05) is 64.1 Å². The molecule has 2 aliphatic rings. The van der Waals surface area contributed by atoms with Gasteiger partial charge in [-0.3, -0.25) is 4.79 Å². The number of fused-ring (bicyclic) bond motifs is 4. The molecule has 1 spiro atoms. The first-order chi connectivity index (χ1) is 16.4. The third-order valence-electron chi connectivity index (χ3n) is 6.38. The van der Waals surface area contributed by atoms with E-state index in [9.17, 15) is 18.0 Å². The summed E-state index contributed by atoms with van der Waals surface area (Å²) in [6.45, 7) is 7.60. The first-order valence-electron chi connectivity index (χ1n) is 11.5. The van der Waals surface area contributed by atoms with Gasteiger partial charge in [0.15, 0.2) is 0 Å². The van der Waals surface area contributed by atoms with Crippen molar-refractivity contribution < 1.29 is 31.9 Å². The van der Waals surface area contributed by atoms with Crippen molar-refractivity contribution in [1.29, 1.82) is 0 Å². The minimum absolute atomic E-state index is 0.0298. The average molecular weight is 486 g/mol. The Hall–Kier alpha value is -3.42. The summed E-state index contributed by atoms with van der Waals surface area (Å²) >= 11 is 0. The van der Waals surface area contributed by atoms with Gasteiger partial charge in [-0.25, -0.2) is 0 Å². The van der Waals surface area contributed by atoms with Crippen LogP contribution in [0.3, 0.4) is 0 Å². The van der Waals surface area contributed by atoms with E-state index in [0.29, 0.717) is 29.2 Å². The highest BCUT2D eigenvalue weighted by Crippen LogP contribution is 2.56. The Morgan fingerprint density at radius 2 is 1.80 bits per heavy atom. The lowest BCUT2D eigenvalue weighted by Gasteiger charge is -2.43. The maximum Gasteiger partial charge on any atom is 0.449 e. The molecule has 2 aromatic carbocycles. The number of ether oxygens (including phenoxy) is 2. The molecule has 0 saturated heterocycles. The maximum absolute atomic E-state index is 14.2. The van der Waals surface area contributed by atoms with Crippen molar-refractivity contribution in [3.63, 3.8) is 0 Å². The van der Waals surface area contributed by atoms with E-state index in [1.54, 1.807) is 6.07 Å². The molecule has 0 radical (unpaired) electrons. The fourth-order valence-corrected chi connectivity index (χ4v) is 5.24. The predicted molar refractivity (Wildman–Crippen MR) is 124 cm³/mol. The van der Waals surface area contributed by atoms with Gasteiger partial charge in [-0.2, -0.15) is 13.2 Å². The van der Waals surface area contributed by atoms with E-state index in [1.165, 1.54) is 11.0 Å². The first-order valence-corrected chi connectivity index (χ1v) is 11.5. The molecule has 3 heterocycles. The molecule has 8 heteroatoms. The third kappa shape index (κ3) is 3.85. The van der Waals surface area contributed by atoms with Crippen LogP contribution >= 0.6 is 0 Å². The van der Waals surface area contributed by atoms with E-state index >= 15 is 0 Å². The second kappa shape index (κ2) is 7.80. The monoisotopic (exact) mass is 485 g/mol. The molecule has 5 rings (SSSR count). The number of benzene rings is 2. The zero-order valence-electron chi connectivity index (χ0n) is 19.9. The lowest BCUT2D eigenvalue weighted by Crippen LogP contribution is -2.50. The smallest absolute Gasteiger partial charge is 0.449 e. The Morgan fingerprint density at radius 1 is 1.06 bits per heavy atom. The van der Waals surface area contributed by atoms with Crippen molar-refractivity contribution >= 4 is 11.6 Å². The van der Waals surface area contributed by atoms with Gasteiger partial charge in [0.25, 0.3) is 0 Å². The molecule has 1 aromatic heterocycles. The molecule has 0 fully saturated rings. The van der Waals surface area contributed by atoms with E-state index in [0.717, 1.165) is 11.6 Å². The lowest BCUT2D eigenvalue weighted by atomic mass is 9.67. The molecule has 2 aliphatic heterocycles. The van der Waals surface area contributed by atoms with Crippen LogP contribution in [0.4, 0.5) is 18.9 Å². The fourth-order valence-electron chi connectivity index (χ4n) is 5.24. The van der Waals surface area contributed by atoms with Crippen molar-refractivity contribution in [3.05, 3.63) is 77.2 Å². The molecule has 5 nitrogen and oxygen atoms in total. The summed E-state index contributed by atoms with van der Waals surface area (Å²) in [5, 5.41) is 0. The summed E-state index contributed by atoms with van der Waals surface area (Å²) in [4.78, 5) is 15.7. The summed E-state index contributed by atoms with van der Waals surface area (Å²) in [5.74, 6) is -0.0554. The van der Waals surface area contributed by atoms with E-state index in [2.05, 4.69) is 0 Å². The number of carbonyl (C=O) groups is 1. The molecule has 3 aromatic rings. The van der Waals surface area contributed by atoms with Gasteiger partial charge >= 0.3 is 6.18 Å². The van der Waals surface area contributed by atoms with E-state index in [-0.39, 0.29) is 24.3 Å². The van der Waals surface area contributed by atoms with Gasteiger partial charge in [0.05, 0.1) is 12.6 Å². The zero-order valence-corrected chi connectivity index (χ0v) is 19.9. The Bertz CT molecular complexity index is 1290. The number of carbonyl (C=O) groups excluding carboxylic acids is 1. The molecule has 1 amide bonds. The normalized spacial score (nSPS) is 20.7. The van der Waals surface area contributed by atoms with Crippen LogP contribution in [-0.2, 0) is 22.9 Å². The van der Waals surface area contributed by atoms with Crippen LogP contribution < -0.4 is 14.4 Å². The molecule has 35 heavy (non-hydrogen) atoms. The van der Waals surface area contributed by atoms with Gasteiger partial charge in [-0.15, -0.1) is 0 Å². The number of halogens is 3. The summed E-state index contributed by atoms with van der Waals surface area (Å²) < 4.78 is 56.4. The van der Waals surface area contributed by atoms with Gasteiger partial charge < -0.3 is 18.8 Å². The fraction of sp³-hybridized carbons (Fsp3) is 0.370. The summed E-state index contributed by atoms with van der Waals surface area (Å²) in [7, 11) is 0. The average Bonchev–Trinajstić information content (AvgIpc) is 3.31. The van der Waals surface area contributed by atoms with Crippen LogP contribution in [0, 0.1) is 0 Å². The molecular formula is C27H26F3NO4. The van der Waals surface area contributed by atoms with Crippen molar-refractivity contribution in [3.8, 4) is 11.5 Å². The molecule has 1 unspecified atom stereocenters. The highest BCUT2D eigenvalue weighted by atomic mass is 19.4. The number of amides is 1. The highest BCUT2D eigenvalue weighted by molar-refractivity contribution is 6.11. The minimum Gasteiger partial charge on any atom is -0.491 e. The van der Waals surface area contributed by atoms with Crippen LogP contribution in [-0.4, -0.2) is 17.6 Å². The quantitative estimate of drug-likeness (QED) is 0.425. The van der Waals surface area contributed by atoms with Gasteiger partial charge in [-0.1, -0.05) is 24.3 Å². The van der Waals surface area contributed by atoms with E-state index < -0.39 is 23.0 Å². The second-order valence-electron chi connectivity index (χ2n) is 9.94. The number of hydrogen-bond donors (Lipinski definition) is 0. The van der Waals surface area contributed by atoms with E-state index in [4.69, 9.17) is 13.9 Å². The zero-order chi connectivity index (χ0) is 25.2. The number of furan rings is 1. The lowest BCUT2D eigenvalue weighted by molar-refractivity contribution is -0.153. The Morgan fingerprint density at radius 3 is 2.49 bits per heavy atom. The number of anilines is 1. The van der Waals surface area contributed by atoms with Crippen LogP contribution in [0.25, 0.3) is 0 Å². The molecular weight excluding hydrogens is 459 g/mol. The van der Waals surface area contributed by atoms with Crippen molar-refractivity contribution in [1.82, 2.24) is 0 Å². The van der Waals surface area contributed by atoms with Crippen LogP contribution in [0.15, 0.2) is 59.0 Å². The first kappa shape index (κ1) is 23.3. The van der Waals surface area contributed by atoms with Crippen LogP contribution in [0.5, 0.6) is 11.5 Å². The number of para-hydroxylation sites is 1. The van der Waals surface area contributed by atoms with Gasteiger partial charge in [0.2, 0.25) is 11.7 Å². The molecule has 184 valence electrons. The minimum atomic E-state index is -4.59. The van der Waals surface area contributed by atoms with Crippen molar-refractivity contribution in [2.24, 2.45) is 0 Å². The Balaban J connectivity index is 1.62. The summed E-state index contributed by atoms with van der Waals surface area (Å²) in [5.41, 5.74) is 0.416. The largest absolute Gasteiger partial charge is 0.491 e. The number of rotatable bonds is 4. The SMILES string of the molecule is CC(C)Oc1ccc2c(c1)OC(C)(C)CC21C(=O)N(Cc2ccc(C(F)(F)F)o2)c2ccccc21. The Kier molecular flexibility index (Phi) is 5.20. The topological polar surface area (TPSA) is 51.9 Å². The molecule has 0 aliphatic carbocycles. The maximum atomic E-state index is 14.2. The van der Waals surface area contributed by atoms with Crippen molar-refractivity contribution in [2.75, 3.05) is 4.90 Å². The van der Waals surface area contributed by atoms with Crippen molar-refractivity contribution in [2.45, 2.75) is 64.0 Å². The highest BCUT2D eigenvalue weighted by Gasteiger charge is 2.58. The van der Waals surface area contributed by atoms with Crippen LogP contribution in [0.1, 0.15) is 56.8 Å². The summed E-state index contributed by atoms with van der Waals surface area (Å²) in [6, 6.07) is 15.0. The second-order valence-corrected chi connectivity index (χ2v) is 9.94. The molecule has 0 saturated carbocycles. The Labute approximate surface area is 201 Å². The molecule has 0 N–H and O–H groups in total. The number of nitrogens with zero attached hydrogens (tertiary/aromatic N) is 1. The van der Waals surface area contributed by atoms with Gasteiger partial charge in [0.1, 0.15) is 28.3 Å². The predicted octanol–water partition coefficient (Wildman–Crippen LogP) is 6.48. The number of hydrogen-bond acceptors (Lipinski definition) is 4. The van der Waals surface area contributed by atoms with Crippen LogP contribution in [0.2, 0.25) is 0 Å². The molecule has 0 bridgehead atoms. The summed E-state index contributed by atoms with van der Waals surface area (Å²) in [6.07, 6.45) is -4.25. The number of alkyl halides is 3. The molecule has 1 atom stereocenters.